The first-order valence-corrected chi connectivity index (χ1v) is 5.65. The minimum Gasteiger partial charge on any atom is -0.461 e. The molecular formula is C13H19NO2. The van der Waals surface area contributed by atoms with Crippen LogP contribution in [0, 0.1) is 5.92 Å². The molecule has 0 radical (unpaired) electrons. The van der Waals surface area contributed by atoms with Crippen LogP contribution in [-0.2, 0) is 16.1 Å². The predicted molar refractivity (Wildman–Crippen MR) is 63.7 cm³/mol. The van der Waals surface area contributed by atoms with Gasteiger partial charge in [0.05, 0.1) is 0 Å². The maximum absolute atomic E-state index is 11.5. The van der Waals surface area contributed by atoms with Gasteiger partial charge in [0.25, 0.3) is 0 Å². The molecule has 16 heavy (non-hydrogen) atoms. The molecule has 88 valence electrons. The first-order chi connectivity index (χ1) is 7.76. The average Bonchev–Trinajstić information content (AvgIpc) is 2.34. The molecule has 1 atom stereocenters. The van der Waals surface area contributed by atoms with Gasteiger partial charge in [0.2, 0.25) is 0 Å². The number of esters is 1. The van der Waals surface area contributed by atoms with E-state index in [1.165, 1.54) is 0 Å². The number of ether oxygens (including phenoxy) is 1. The number of nitrogens with two attached hydrogens (primary N) is 1. The van der Waals surface area contributed by atoms with Crippen LogP contribution in [-0.4, -0.2) is 12.5 Å². The van der Waals surface area contributed by atoms with Crippen LogP contribution in [0.2, 0.25) is 0 Å². The Morgan fingerprint density at radius 2 is 2.06 bits per heavy atom. The third-order valence-corrected chi connectivity index (χ3v) is 2.61. The second-order valence-corrected chi connectivity index (χ2v) is 3.86. The molecule has 0 saturated heterocycles. The third-order valence-electron chi connectivity index (χ3n) is 2.61. The van der Waals surface area contributed by atoms with Crippen molar-refractivity contribution in [2.75, 3.05) is 6.54 Å². The Labute approximate surface area is 96.6 Å². The maximum atomic E-state index is 11.5. The van der Waals surface area contributed by atoms with Crippen LogP contribution in [0.25, 0.3) is 0 Å². The van der Waals surface area contributed by atoms with Crippen LogP contribution in [0.5, 0.6) is 0 Å². The van der Waals surface area contributed by atoms with Crippen molar-refractivity contribution in [3.8, 4) is 0 Å². The van der Waals surface area contributed by atoms with Gasteiger partial charge in [-0.3, -0.25) is 4.79 Å². The molecule has 0 heterocycles. The fraction of sp³-hybridized carbons (Fsp3) is 0.462. The van der Waals surface area contributed by atoms with Crippen molar-refractivity contribution in [3.63, 3.8) is 0 Å². The van der Waals surface area contributed by atoms with Gasteiger partial charge in [0.15, 0.2) is 0 Å². The summed E-state index contributed by atoms with van der Waals surface area (Å²) in [5.74, 6) is 0.0735. The smallest absolute Gasteiger partial charge is 0.306 e. The summed E-state index contributed by atoms with van der Waals surface area (Å²) in [6, 6.07) is 9.67. The normalized spacial score (nSPS) is 12.1. The number of rotatable bonds is 6. The molecule has 1 aromatic rings. The SMILES string of the molecule is CCC(CN)CC(=O)OCc1ccccc1. The van der Waals surface area contributed by atoms with E-state index in [9.17, 15) is 4.79 Å². The fourth-order valence-corrected chi connectivity index (χ4v) is 1.43. The van der Waals surface area contributed by atoms with Gasteiger partial charge in [-0.15, -0.1) is 0 Å². The highest BCUT2D eigenvalue weighted by Crippen LogP contribution is 2.08. The molecule has 2 N–H and O–H groups in total. The van der Waals surface area contributed by atoms with Crippen LogP contribution in [0.1, 0.15) is 25.3 Å². The summed E-state index contributed by atoms with van der Waals surface area (Å²) in [6.07, 6.45) is 1.33. The first kappa shape index (κ1) is 12.7. The van der Waals surface area contributed by atoms with E-state index < -0.39 is 0 Å². The molecule has 1 unspecified atom stereocenters. The summed E-state index contributed by atoms with van der Waals surface area (Å²) < 4.78 is 5.17. The summed E-state index contributed by atoms with van der Waals surface area (Å²) >= 11 is 0. The number of carbonyl (C=O) groups excluding carboxylic acids is 1. The molecule has 0 amide bonds. The van der Waals surface area contributed by atoms with E-state index in [4.69, 9.17) is 10.5 Å². The molecular weight excluding hydrogens is 202 g/mol. The highest BCUT2D eigenvalue weighted by molar-refractivity contribution is 5.69. The van der Waals surface area contributed by atoms with Gasteiger partial charge in [-0.1, -0.05) is 43.7 Å². The number of benzene rings is 1. The Balaban J connectivity index is 2.30. The quantitative estimate of drug-likeness (QED) is 0.748. The average molecular weight is 221 g/mol. The molecule has 0 bridgehead atoms. The Bertz CT molecular complexity index is 307. The number of hydrogen-bond donors (Lipinski definition) is 1. The lowest BCUT2D eigenvalue weighted by atomic mass is 10.0. The molecule has 0 aliphatic rings. The van der Waals surface area contributed by atoms with Crippen molar-refractivity contribution < 1.29 is 9.53 Å². The molecule has 1 rings (SSSR count). The van der Waals surface area contributed by atoms with Gasteiger partial charge in [0, 0.05) is 6.42 Å². The minimum atomic E-state index is -0.166. The molecule has 0 aliphatic carbocycles. The van der Waals surface area contributed by atoms with E-state index in [0.29, 0.717) is 19.6 Å². The zero-order valence-electron chi connectivity index (χ0n) is 9.69. The van der Waals surface area contributed by atoms with Gasteiger partial charge >= 0.3 is 5.97 Å². The topological polar surface area (TPSA) is 52.3 Å². The zero-order valence-corrected chi connectivity index (χ0v) is 9.69. The van der Waals surface area contributed by atoms with Gasteiger partial charge in [-0.2, -0.15) is 0 Å². The largest absolute Gasteiger partial charge is 0.461 e. The third kappa shape index (κ3) is 4.45. The van der Waals surface area contributed by atoms with E-state index in [0.717, 1.165) is 12.0 Å². The second kappa shape index (κ2) is 7.01. The fourth-order valence-electron chi connectivity index (χ4n) is 1.43. The van der Waals surface area contributed by atoms with Crippen LogP contribution in [0.4, 0.5) is 0 Å². The van der Waals surface area contributed by atoms with Gasteiger partial charge in [0.1, 0.15) is 6.61 Å². The van der Waals surface area contributed by atoms with Gasteiger partial charge in [-0.25, -0.2) is 0 Å². The molecule has 1 aromatic carbocycles. The highest BCUT2D eigenvalue weighted by Gasteiger charge is 2.11. The minimum absolute atomic E-state index is 0.166. The molecule has 0 aromatic heterocycles. The summed E-state index contributed by atoms with van der Waals surface area (Å²) in [5.41, 5.74) is 6.54. The maximum Gasteiger partial charge on any atom is 0.306 e. The number of hydrogen-bond acceptors (Lipinski definition) is 3. The highest BCUT2D eigenvalue weighted by atomic mass is 16.5. The summed E-state index contributed by atoms with van der Waals surface area (Å²) in [4.78, 5) is 11.5. The molecule has 0 saturated carbocycles. The Morgan fingerprint density at radius 1 is 1.38 bits per heavy atom. The van der Waals surface area contributed by atoms with Crippen molar-refractivity contribution in [2.45, 2.75) is 26.4 Å². The Kier molecular flexibility index (Phi) is 5.57. The monoisotopic (exact) mass is 221 g/mol. The first-order valence-electron chi connectivity index (χ1n) is 5.65. The van der Waals surface area contributed by atoms with Crippen LogP contribution in [0.15, 0.2) is 30.3 Å². The molecule has 0 aliphatic heterocycles. The van der Waals surface area contributed by atoms with E-state index in [-0.39, 0.29) is 11.9 Å². The van der Waals surface area contributed by atoms with E-state index in [1.807, 2.05) is 37.3 Å². The van der Waals surface area contributed by atoms with Gasteiger partial charge < -0.3 is 10.5 Å². The van der Waals surface area contributed by atoms with Gasteiger partial charge in [-0.05, 0) is 18.0 Å². The van der Waals surface area contributed by atoms with Crippen LogP contribution in [0.3, 0.4) is 0 Å². The summed E-state index contributed by atoms with van der Waals surface area (Å²) in [6.45, 7) is 2.92. The molecule has 3 heteroatoms. The molecule has 0 fully saturated rings. The standard InChI is InChI=1S/C13H19NO2/c1-2-11(9-14)8-13(15)16-10-12-6-4-3-5-7-12/h3-7,11H,2,8-10,14H2,1H3. The second-order valence-electron chi connectivity index (χ2n) is 3.86. The summed E-state index contributed by atoms with van der Waals surface area (Å²) in [5, 5.41) is 0. The van der Waals surface area contributed by atoms with Crippen LogP contribution >= 0.6 is 0 Å². The number of carbonyl (C=O) groups is 1. The summed E-state index contributed by atoms with van der Waals surface area (Å²) in [7, 11) is 0. The Morgan fingerprint density at radius 3 is 2.62 bits per heavy atom. The van der Waals surface area contributed by atoms with Crippen molar-refractivity contribution in [1.82, 2.24) is 0 Å². The van der Waals surface area contributed by atoms with E-state index in [2.05, 4.69) is 0 Å². The lowest BCUT2D eigenvalue weighted by Gasteiger charge is -2.11. The van der Waals surface area contributed by atoms with E-state index >= 15 is 0 Å². The lowest BCUT2D eigenvalue weighted by Crippen LogP contribution is -2.18. The van der Waals surface area contributed by atoms with Crippen molar-refractivity contribution in [3.05, 3.63) is 35.9 Å². The van der Waals surface area contributed by atoms with Crippen molar-refractivity contribution in [2.24, 2.45) is 11.7 Å². The Hall–Kier alpha value is -1.35. The predicted octanol–water partition coefficient (Wildman–Crippen LogP) is 2.10. The van der Waals surface area contributed by atoms with Crippen molar-refractivity contribution >= 4 is 5.97 Å². The zero-order chi connectivity index (χ0) is 11.8. The molecule has 0 spiro atoms. The van der Waals surface area contributed by atoms with E-state index in [1.54, 1.807) is 0 Å². The lowest BCUT2D eigenvalue weighted by molar-refractivity contribution is -0.146. The van der Waals surface area contributed by atoms with Crippen molar-refractivity contribution in [1.29, 1.82) is 0 Å². The van der Waals surface area contributed by atoms with Crippen LogP contribution < -0.4 is 5.73 Å². The molecule has 3 nitrogen and oxygen atoms in total.